The highest BCUT2D eigenvalue weighted by Crippen LogP contribution is 2.38. The first kappa shape index (κ1) is 18.9. The summed E-state index contributed by atoms with van der Waals surface area (Å²) in [6, 6.07) is 5.38. The molecule has 0 bridgehead atoms. The standard InChI is InChI=1S/C21H22FN5O3/c1-13-3-4-15(7-23-13)20-18(14(2)30-25-20)9-27-19(28)5-17(8-24-27)26-11-21(12-26)6-16(22)10-29-21/h3-5,7-8,16H,6,9-12H2,1-2H3/t16-/m0/s1. The molecule has 2 aliphatic heterocycles. The zero-order valence-corrected chi connectivity index (χ0v) is 16.8. The molecule has 2 fully saturated rings. The van der Waals surface area contributed by atoms with Crippen LogP contribution in [0, 0.1) is 13.8 Å². The topological polar surface area (TPSA) is 86.3 Å². The summed E-state index contributed by atoms with van der Waals surface area (Å²) in [6.07, 6.45) is 2.91. The summed E-state index contributed by atoms with van der Waals surface area (Å²) in [4.78, 5) is 19.0. The lowest BCUT2D eigenvalue weighted by atomic mass is 9.90. The van der Waals surface area contributed by atoms with Gasteiger partial charge in [-0.15, -0.1) is 0 Å². The quantitative estimate of drug-likeness (QED) is 0.651. The van der Waals surface area contributed by atoms with Crippen LogP contribution in [0.25, 0.3) is 11.3 Å². The third-order valence-corrected chi connectivity index (χ3v) is 5.82. The Morgan fingerprint density at radius 1 is 1.27 bits per heavy atom. The Morgan fingerprint density at radius 2 is 2.10 bits per heavy atom. The molecule has 1 spiro atoms. The van der Waals surface area contributed by atoms with E-state index >= 15 is 0 Å². The van der Waals surface area contributed by atoms with Gasteiger partial charge in [0.2, 0.25) is 0 Å². The van der Waals surface area contributed by atoms with Crippen molar-refractivity contribution in [1.29, 1.82) is 0 Å². The summed E-state index contributed by atoms with van der Waals surface area (Å²) in [5, 5.41) is 8.48. The van der Waals surface area contributed by atoms with Crippen molar-refractivity contribution >= 4 is 5.69 Å². The van der Waals surface area contributed by atoms with Gasteiger partial charge in [0.25, 0.3) is 5.56 Å². The van der Waals surface area contributed by atoms with E-state index in [0.717, 1.165) is 22.5 Å². The number of pyridine rings is 1. The van der Waals surface area contributed by atoms with E-state index in [-0.39, 0.29) is 18.7 Å². The fourth-order valence-corrected chi connectivity index (χ4v) is 4.12. The van der Waals surface area contributed by atoms with E-state index in [1.807, 2.05) is 30.9 Å². The lowest BCUT2D eigenvalue weighted by Crippen LogP contribution is -2.62. The Morgan fingerprint density at radius 3 is 2.77 bits per heavy atom. The minimum absolute atomic E-state index is 0.157. The van der Waals surface area contributed by atoms with Crippen LogP contribution in [0.1, 0.15) is 23.4 Å². The molecule has 0 saturated carbocycles. The van der Waals surface area contributed by atoms with E-state index in [9.17, 15) is 9.18 Å². The third kappa shape index (κ3) is 3.28. The van der Waals surface area contributed by atoms with E-state index in [2.05, 4.69) is 15.2 Å². The molecule has 2 aliphatic rings. The summed E-state index contributed by atoms with van der Waals surface area (Å²) in [7, 11) is 0. The first-order chi connectivity index (χ1) is 14.4. The summed E-state index contributed by atoms with van der Waals surface area (Å²) in [5.41, 5.74) is 3.26. The van der Waals surface area contributed by atoms with Gasteiger partial charge in [-0.2, -0.15) is 5.10 Å². The van der Waals surface area contributed by atoms with Gasteiger partial charge in [0.1, 0.15) is 23.2 Å². The average molecular weight is 411 g/mol. The summed E-state index contributed by atoms with van der Waals surface area (Å²) in [5.74, 6) is 0.632. The molecule has 9 heteroatoms. The van der Waals surface area contributed by atoms with E-state index in [1.54, 1.807) is 18.5 Å². The smallest absolute Gasteiger partial charge is 0.269 e. The van der Waals surface area contributed by atoms with Gasteiger partial charge in [-0.05, 0) is 26.0 Å². The monoisotopic (exact) mass is 411 g/mol. The second-order valence-electron chi connectivity index (χ2n) is 8.12. The van der Waals surface area contributed by atoms with Crippen LogP contribution >= 0.6 is 0 Å². The number of hydrogen-bond acceptors (Lipinski definition) is 7. The third-order valence-electron chi connectivity index (χ3n) is 5.82. The molecule has 2 saturated heterocycles. The van der Waals surface area contributed by atoms with Gasteiger partial charge in [0, 0.05) is 48.6 Å². The van der Waals surface area contributed by atoms with Crippen LogP contribution in [-0.4, -0.2) is 51.4 Å². The van der Waals surface area contributed by atoms with Crippen molar-refractivity contribution in [2.24, 2.45) is 0 Å². The second-order valence-corrected chi connectivity index (χ2v) is 8.12. The molecule has 3 aromatic heterocycles. The molecule has 5 heterocycles. The Hall–Kier alpha value is -3.07. The lowest BCUT2D eigenvalue weighted by molar-refractivity contribution is -0.0190. The van der Waals surface area contributed by atoms with Crippen LogP contribution in [0.3, 0.4) is 0 Å². The maximum absolute atomic E-state index is 13.4. The molecule has 0 aromatic carbocycles. The second kappa shape index (κ2) is 7.02. The van der Waals surface area contributed by atoms with Crippen LogP contribution < -0.4 is 10.5 Å². The molecule has 0 unspecified atom stereocenters. The number of ether oxygens (including phenoxy) is 1. The number of alkyl halides is 1. The average Bonchev–Trinajstić information content (AvgIpc) is 3.26. The minimum Gasteiger partial charge on any atom is -0.368 e. The van der Waals surface area contributed by atoms with Gasteiger partial charge in [0.05, 0.1) is 25.0 Å². The van der Waals surface area contributed by atoms with Gasteiger partial charge in [0.15, 0.2) is 0 Å². The SMILES string of the molecule is Cc1ccc(-c2noc(C)c2Cn2ncc(N3CC4(C[C@H](F)CO4)C3)cc2=O)cn1. The molecular formula is C21H22FN5O3. The number of nitrogens with zero attached hydrogens (tertiary/aromatic N) is 5. The molecule has 1 atom stereocenters. The van der Waals surface area contributed by atoms with Gasteiger partial charge >= 0.3 is 0 Å². The molecule has 0 N–H and O–H groups in total. The van der Waals surface area contributed by atoms with E-state index in [0.29, 0.717) is 31.0 Å². The van der Waals surface area contributed by atoms with E-state index in [4.69, 9.17) is 9.26 Å². The molecular weight excluding hydrogens is 389 g/mol. The molecule has 30 heavy (non-hydrogen) atoms. The van der Waals surface area contributed by atoms with Gasteiger partial charge in [-0.25, -0.2) is 9.07 Å². The fraction of sp³-hybridized carbons (Fsp3) is 0.429. The van der Waals surface area contributed by atoms with Crippen LogP contribution in [0.15, 0.2) is 39.9 Å². The van der Waals surface area contributed by atoms with Crippen LogP contribution in [0.5, 0.6) is 0 Å². The van der Waals surface area contributed by atoms with Gasteiger partial charge < -0.3 is 14.2 Å². The largest absolute Gasteiger partial charge is 0.368 e. The molecule has 156 valence electrons. The highest BCUT2D eigenvalue weighted by atomic mass is 19.1. The van der Waals surface area contributed by atoms with Gasteiger partial charge in [-0.1, -0.05) is 5.16 Å². The van der Waals surface area contributed by atoms with Crippen molar-refractivity contribution in [1.82, 2.24) is 19.9 Å². The fourth-order valence-electron chi connectivity index (χ4n) is 4.12. The van der Waals surface area contributed by atoms with Crippen molar-refractivity contribution in [2.75, 3.05) is 24.6 Å². The number of anilines is 1. The first-order valence-corrected chi connectivity index (χ1v) is 9.91. The molecule has 3 aromatic rings. The molecule has 0 amide bonds. The number of aromatic nitrogens is 4. The maximum Gasteiger partial charge on any atom is 0.269 e. The summed E-state index contributed by atoms with van der Waals surface area (Å²) in [6.45, 7) is 5.28. The minimum atomic E-state index is -0.900. The predicted molar refractivity (Wildman–Crippen MR) is 107 cm³/mol. The normalized spacial score (nSPS) is 20.0. The highest BCUT2D eigenvalue weighted by Gasteiger charge is 2.50. The number of aryl methyl sites for hydroxylation is 2. The van der Waals surface area contributed by atoms with Crippen molar-refractivity contribution in [3.05, 3.63) is 58.0 Å². The van der Waals surface area contributed by atoms with Crippen molar-refractivity contribution in [3.8, 4) is 11.3 Å². The van der Waals surface area contributed by atoms with Crippen molar-refractivity contribution < 1.29 is 13.7 Å². The Balaban J connectivity index is 1.35. The molecule has 0 aliphatic carbocycles. The van der Waals surface area contributed by atoms with Crippen molar-refractivity contribution in [2.45, 2.75) is 38.6 Å². The van der Waals surface area contributed by atoms with E-state index in [1.165, 1.54) is 4.68 Å². The Kier molecular flexibility index (Phi) is 4.43. The Labute approximate surface area is 172 Å². The maximum atomic E-state index is 13.4. The number of rotatable bonds is 4. The molecule has 0 radical (unpaired) electrons. The van der Waals surface area contributed by atoms with Crippen LogP contribution in [-0.2, 0) is 11.3 Å². The Bertz CT molecular complexity index is 1130. The highest BCUT2D eigenvalue weighted by molar-refractivity contribution is 5.62. The first-order valence-electron chi connectivity index (χ1n) is 9.91. The van der Waals surface area contributed by atoms with E-state index < -0.39 is 11.8 Å². The number of halogens is 1. The lowest BCUT2D eigenvalue weighted by Gasteiger charge is -2.48. The predicted octanol–water partition coefficient (Wildman–Crippen LogP) is 2.28. The summed E-state index contributed by atoms with van der Waals surface area (Å²) < 4.78 is 25.8. The molecule has 8 nitrogen and oxygen atoms in total. The zero-order valence-electron chi connectivity index (χ0n) is 16.8. The summed E-state index contributed by atoms with van der Waals surface area (Å²) >= 11 is 0. The molecule has 5 rings (SSSR count). The van der Waals surface area contributed by atoms with Crippen LogP contribution in [0.4, 0.5) is 10.1 Å². The zero-order chi connectivity index (χ0) is 20.9. The van der Waals surface area contributed by atoms with Crippen molar-refractivity contribution in [3.63, 3.8) is 0 Å². The van der Waals surface area contributed by atoms with Gasteiger partial charge in [-0.3, -0.25) is 9.78 Å². The number of hydrogen-bond donors (Lipinski definition) is 0. The van der Waals surface area contributed by atoms with Crippen LogP contribution in [0.2, 0.25) is 0 Å².